The van der Waals surface area contributed by atoms with E-state index in [-0.39, 0.29) is 5.78 Å². The predicted octanol–water partition coefficient (Wildman–Crippen LogP) is 1.84. The second-order valence-electron chi connectivity index (χ2n) is 2.85. The maximum absolute atomic E-state index is 10.8. The number of rotatable bonds is 4. The SMILES string of the molecule is CNc1nc(SC)ncc1/C=C/C(C)=O. The normalized spacial score (nSPS) is 10.6. The molecule has 1 N–H and O–H groups in total. The zero-order valence-corrected chi connectivity index (χ0v) is 9.76. The second kappa shape index (κ2) is 5.50. The number of aromatic nitrogens is 2. The Morgan fingerprint density at radius 2 is 2.33 bits per heavy atom. The van der Waals surface area contributed by atoms with E-state index in [9.17, 15) is 4.79 Å². The molecule has 4 nitrogen and oxygen atoms in total. The molecule has 0 spiro atoms. The highest BCUT2D eigenvalue weighted by molar-refractivity contribution is 7.98. The summed E-state index contributed by atoms with van der Waals surface area (Å²) >= 11 is 1.48. The molecule has 0 saturated carbocycles. The zero-order chi connectivity index (χ0) is 11.3. The minimum absolute atomic E-state index is 0.00555. The van der Waals surface area contributed by atoms with Gasteiger partial charge in [-0.25, -0.2) is 9.97 Å². The molecule has 0 amide bonds. The van der Waals surface area contributed by atoms with Crippen molar-refractivity contribution in [3.63, 3.8) is 0 Å². The minimum atomic E-state index is 0.00555. The van der Waals surface area contributed by atoms with Crippen LogP contribution in [0.5, 0.6) is 0 Å². The predicted molar refractivity (Wildman–Crippen MR) is 63.1 cm³/mol. The Balaban J connectivity index is 3.02. The first-order valence-corrected chi connectivity index (χ1v) is 5.67. The van der Waals surface area contributed by atoms with Crippen molar-refractivity contribution in [3.8, 4) is 0 Å². The van der Waals surface area contributed by atoms with Crippen LogP contribution in [0.4, 0.5) is 5.82 Å². The Morgan fingerprint density at radius 3 is 2.87 bits per heavy atom. The Morgan fingerprint density at radius 1 is 1.60 bits per heavy atom. The summed E-state index contributed by atoms with van der Waals surface area (Å²) < 4.78 is 0. The molecule has 0 unspecified atom stereocenters. The summed E-state index contributed by atoms with van der Waals surface area (Å²) in [5.74, 6) is 0.734. The Labute approximate surface area is 93.2 Å². The van der Waals surface area contributed by atoms with E-state index in [2.05, 4.69) is 15.3 Å². The Kier molecular flexibility index (Phi) is 4.30. The molecule has 5 heteroatoms. The van der Waals surface area contributed by atoms with Crippen molar-refractivity contribution in [2.24, 2.45) is 0 Å². The molecule has 1 heterocycles. The molecule has 1 rings (SSSR count). The lowest BCUT2D eigenvalue weighted by Gasteiger charge is -2.04. The maximum atomic E-state index is 10.8. The number of hydrogen-bond acceptors (Lipinski definition) is 5. The number of hydrogen-bond donors (Lipinski definition) is 1. The van der Waals surface area contributed by atoms with Crippen molar-refractivity contribution < 1.29 is 4.79 Å². The lowest BCUT2D eigenvalue weighted by molar-refractivity contribution is -0.112. The lowest BCUT2D eigenvalue weighted by atomic mass is 10.2. The Bertz CT molecular complexity index is 390. The van der Waals surface area contributed by atoms with Gasteiger partial charge in [-0.05, 0) is 25.3 Å². The van der Waals surface area contributed by atoms with Crippen LogP contribution in [-0.2, 0) is 4.79 Å². The molecule has 0 fully saturated rings. The highest BCUT2D eigenvalue weighted by Gasteiger charge is 2.02. The van der Waals surface area contributed by atoms with Crippen LogP contribution in [-0.4, -0.2) is 29.1 Å². The lowest BCUT2D eigenvalue weighted by Crippen LogP contribution is -1.98. The quantitative estimate of drug-likeness (QED) is 0.479. The van der Waals surface area contributed by atoms with E-state index in [4.69, 9.17) is 0 Å². The van der Waals surface area contributed by atoms with Gasteiger partial charge in [0, 0.05) is 18.8 Å². The first kappa shape index (κ1) is 11.7. The highest BCUT2D eigenvalue weighted by Crippen LogP contribution is 2.17. The molecule has 0 radical (unpaired) electrons. The van der Waals surface area contributed by atoms with Gasteiger partial charge >= 0.3 is 0 Å². The fraction of sp³-hybridized carbons (Fsp3) is 0.300. The van der Waals surface area contributed by atoms with Crippen LogP contribution in [0.25, 0.3) is 6.08 Å². The smallest absolute Gasteiger partial charge is 0.189 e. The first-order chi connectivity index (χ1) is 7.17. The van der Waals surface area contributed by atoms with E-state index in [1.807, 2.05) is 6.26 Å². The monoisotopic (exact) mass is 223 g/mol. The molecule has 1 aromatic heterocycles. The van der Waals surface area contributed by atoms with Gasteiger partial charge in [-0.3, -0.25) is 4.79 Å². The molecule has 0 saturated heterocycles. The third kappa shape index (κ3) is 3.36. The molecule has 0 aliphatic rings. The molecule has 1 aromatic rings. The number of allylic oxidation sites excluding steroid dienone is 1. The van der Waals surface area contributed by atoms with Crippen molar-refractivity contribution in [1.82, 2.24) is 9.97 Å². The van der Waals surface area contributed by atoms with Gasteiger partial charge < -0.3 is 5.32 Å². The summed E-state index contributed by atoms with van der Waals surface area (Å²) in [6, 6.07) is 0. The highest BCUT2D eigenvalue weighted by atomic mass is 32.2. The fourth-order valence-electron chi connectivity index (χ4n) is 1.00. The summed E-state index contributed by atoms with van der Waals surface area (Å²) in [6.45, 7) is 1.51. The van der Waals surface area contributed by atoms with E-state index in [0.717, 1.165) is 11.4 Å². The minimum Gasteiger partial charge on any atom is -0.373 e. The van der Waals surface area contributed by atoms with Gasteiger partial charge in [0.25, 0.3) is 0 Å². The fourth-order valence-corrected chi connectivity index (χ4v) is 1.34. The van der Waals surface area contributed by atoms with Gasteiger partial charge in [-0.15, -0.1) is 0 Å². The van der Waals surface area contributed by atoms with E-state index in [1.165, 1.54) is 24.8 Å². The average molecular weight is 223 g/mol. The summed E-state index contributed by atoms with van der Waals surface area (Å²) in [4.78, 5) is 19.2. The number of carbonyl (C=O) groups is 1. The van der Waals surface area contributed by atoms with Crippen molar-refractivity contribution >= 4 is 29.4 Å². The van der Waals surface area contributed by atoms with E-state index in [0.29, 0.717) is 5.16 Å². The third-order valence-electron chi connectivity index (χ3n) is 1.71. The van der Waals surface area contributed by atoms with Crippen LogP contribution >= 0.6 is 11.8 Å². The summed E-state index contributed by atoms with van der Waals surface area (Å²) in [5, 5.41) is 3.67. The first-order valence-electron chi connectivity index (χ1n) is 4.44. The molecule has 0 aromatic carbocycles. The van der Waals surface area contributed by atoms with Crippen LogP contribution < -0.4 is 5.32 Å². The average Bonchev–Trinajstić information content (AvgIpc) is 2.25. The number of ketones is 1. The van der Waals surface area contributed by atoms with Crippen LogP contribution in [0, 0.1) is 0 Å². The van der Waals surface area contributed by atoms with E-state index in [1.54, 1.807) is 19.3 Å². The van der Waals surface area contributed by atoms with Gasteiger partial charge in [-0.1, -0.05) is 11.8 Å². The molecule has 0 aliphatic heterocycles. The number of carbonyl (C=O) groups excluding carboxylic acids is 1. The number of nitrogens with one attached hydrogen (secondary N) is 1. The number of thioether (sulfide) groups is 1. The van der Waals surface area contributed by atoms with Crippen molar-refractivity contribution in [3.05, 3.63) is 17.8 Å². The second-order valence-corrected chi connectivity index (χ2v) is 3.63. The molecule has 0 aliphatic carbocycles. The molecular weight excluding hydrogens is 210 g/mol. The maximum Gasteiger partial charge on any atom is 0.189 e. The van der Waals surface area contributed by atoms with Crippen LogP contribution in [0.15, 0.2) is 17.4 Å². The third-order valence-corrected chi connectivity index (χ3v) is 2.27. The van der Waals surface area contributed by atoms with Crippen LogP contribution in [0.1, 0.15) is 12.5 Å². The van der Waals surface area contributed by atoms with Crippen LogP contribution in [0.3, 0.4) is 0 Å². The van der Waals surface area contributed by atoms with Gasteiger partial charge in [-0.2, -0.15) is 0 Å². The van der Waals surface area contributed by atoms with Gasteiger partial charge in [0.1, 0.15) is 5.82 Å². The standard InChI is InChI=1S/C10H13N3OS/c1-7(14)4-5-8-6-12-10(15-3)13-9(8)11-2/h4-6H,1-3H3,(H,11,12,13)/b5-4+. The molecule has 15 heavy (non-hydrogen) atoms. The van der Waals surface area contributed by atoms with Gasteiger partial charge in [0.05, 0.1) is 0 Å². The topological polar surface area (TPSA) is 54.9 Å². The molecule has 0 atom stereocenters. The number of nitrogens with zero attached hydrogens (tertiary/aromatic N) is 2. The van der Waals surface area contributed by atoms with Crippen molar-refractivity contribution in [2.45, 2.75) is 12.1 Å². The number of anilines is 1. The zero-order valence-electron chi connectivity index (χ0n) is 8.94. The molecule has 80 valence electrons. The summed E-state index contributed by atoms with van der Waals surface area (Å²) in [5.41, 5.74) is 0.811. The summed E-state index contributed by atoms with van der Waals surface area (Å²) in [6.07, 6.45) is 6.82. The Hall–Kier alpha value is -1.36. The van der Waals surface area contributed by atoms with Crippen molar-refractivity contribution in [1.29, 1.82) is 0 Å². The van der Waals surface area contributed by atoms with Gasteiger partial charge in [0.2, 0.25) is 0 Å². The molecule has 0 bridgehead atoms. The van der Waals surface area contributed by atoms with E-state index >= 15 is 0 Å². The van der Waals surface area contributed by atoms with Crippen molar-refractivity contribution in [2.75, 3.05) is 18.6 Å². The molecular formula is C10H13N3OS. The largest absolute Gasteiger partial charge is 0.373 e. The van der Waals surface area contributed by atoms with E-state index < -0.39 is 0 Å². The summed E-state index contributed by atoms with van der Waals surface area (Å²) in [7, 11) is 1.79. The van der Waals surface area contributed by atoms with Gasteiger partial charge in [0.15, 0.2) is 10.9 Å². The van der Waals surface area contributed by atoms with Crippen LogP contribution in [0.2, 0.25) is 0 Å².